The zero-order chi connectivity index (χ0) is 15.3. The molecule has 21 heavy (non-hydrogen) atoms. The monoisotopic (exact) mass is 307 g/mol. The van der Waals surface area contributed by atoms with Gasteiger partial charge in [-0.05, 0) is 44.2 Å². The van der Waals surface area contributed by atoms with E-state index in [0.717, 1.165) is 36.6 Å². The fourth-order valence-corrected chi connectivity index (χ4v) is 3.56. The van der Waals surface area contributed by atoms with Crippen LogP contribution in [0.25, 0.3) is 0 Å². The number of Topliss-reactive ketones (excluding diaryl/α,β-unsaturated/α-hetero) is 1. The number of hydrogen-bond donors (Lipinski definition) is 0. The molecule has 0 N–H and O–H groups in total. The molecule has 0 amide bonds. The van der Waals surface area contributed by atoms with Crippen LogP contribution in [0.15, 0.2) is 24.3 Å². The number of nitrogens with zero attached hydrogens (tertiary/aromatic N) is 1. The standard InChI is InChI=1S/C17H25NO2S/c1-4-20-15-7-5-14(6-8-15)16(19)13-18-10-9-17(2,3)21-12-11-18/h5-8H,4,9-13H2,1-3H3. The summed E-state index contributed by atoms with van der Waals surface area (Å²) in [6.07, 6.45) is 1.13. The molecule has 0 radical (unpaired) electrons. The lowest BCUT2D eigenvalue weighted by Crippen LogP contribution is -2.32. The van der Waals surface area contributed by atoms with Gasteiger partial charge < -0.3 is 4.74 Å². The first kappa shape index (κ1) is 16.4. The number of carbonyl (C=O) groups excluding carboxylic acids is 1. The smallest absolute Gasteiger partial charge is 0.176 e. The Hall–Kier alpha value is -1.00. The lowest BCUT2D eigenvalue weighted by Gasteiger charge is -2.22. The SMILES string of the molecule is CCOc1ccc(C(=O)CN2CCSC(C)(C)CC2)cc1. The van der Waals surface area contributed by atoms with E-state index >= 15 is 0 Å². The highest BCUT2D eigenvalue weighted by Crippen LogP contribution is 2.30. The normalized spacial score (nSPS) is 19.0. The summed E-state index contributed by atoms with van der Waals surface area (Å²) in [5, 5.41) is 0. The van der Waals surface area contributed by atoms with E-state index in [1.165, 1.54) is 0 Å². The van der Waals surface area contributed by atoms with Gasteiger partial charge in [-0.25, -0.2) is 0 Å². The second-order valence-electron chi connectivity index (χ2n) is 6.01. The van der Waals surface area contributed by atoms with Crippen molar-refractivity contribution < 1.29 is 9.53 Å². The van der Waals surface area contributed by atoms with Gasteiger partial charge in [-0.2, -0.15) is 11.8 Å². The molecule has 1 heterocycles. The number of carbonyl (C=O) groups is 1. The molecule has 2 rings (SSSR count). The lowest BCUT2D eigenvalue weighted by molar-refractivity contribution is 0.0934. The molecule has 1 aliphatic heterocycles. The molecular weight excluding hydrogens is 282 g/mol. The average molecular weight is 307 g/mol. The van der Waals surface area contributed by atoms with Crippen LogP contribution < -0.4 is 4.74 Å². The maximum absolute atomic E-state index is 12.4. The Morgan fingerprint density at radius 1 is 1.29 bits per heavy atom. The molecule has 116 valence electrons. The molecule has 0 unspecified atom stereocenters. The van der Waals surface area contributed by atoms with Crippen LogP contribution in [0.2, 0.25) is 0 Å². The van der Waals surface area contributed by atoms with E-state index in [1.807, 2.05) is 43.0 Å². The molecular formula is C17H25NO2S. The first-order chi connectivity index (χ1) is 10.00. The quantitative estimate of drug-likeness (QED) is 0.779. The van der Waals surface area contributed by atoms with Crippen molar-refractivity contribution >= 4 is 17.5 Å². The van der Waals surface area contributed by atoms with Gasteiger partial charge in [-0.1, -0.05) is 13.8 Å². The van der Waals surface area contributed by atoms with Crippen molar-refractivity contribution in [2.75, 3.05) is 32.0 Å². The largest absolute Gasteiger partial charge is 0.494 e. The van der Waals surface area contributed by atoms with Gasteiger partial charge in [0, 0.05) is 22.6 Å². The Morgan fingerprint density at radius 2 is 2.00 bits per heavy atom. The number of ketones is 1. The second-order valence-corrected chi connectivity index (χ2v) is 7.82. The van der Waals surface area contributed by atoms with Gasteiger partial charge in [0.2, 0.25) is 0 Å². The zero-order valence-corrected chi connectivity index (χ0v) is 14.0. The highest BCUT2D eigenvalue weighted by atomic mass is 32.2. The van der Waals surface area contributed by atoms with E-state index in [-0.39, 0.29) is 5.78 Å². The molecule has 0 aliphatic carbocycles. The van der Waals surface area contributed by atoms with Crippen LogP contribution in [0.5, 0.6) is 5.75 Å². The first-order valence-electron chi connectivity index (χ1n) is 7.62. The van der Waals surface area contributed by atoms with Gasteiger partial charge >= 0.3 is 0 Å². The van der Waals surface area contributed by atoms with Crippen molar-refractivity contribution in [1.29, 1.82) is 0 Å². The summed E-state index contributed by atoms with van der Waals surface area (Å²) in [4.78, 5) is 14.6. The van der Waals surface area contributed by atoms with Crippen LogP contribution in [0.1, 0.15) is 37.6 Å². The Bertz CT molecular complexity index is 470. The molecule has 3 nitrogen and oxygen atoms in total. The van der Waals surface area contributed by atoms with E-state index in [9.17, 15) is 4.79 Å². The summed E-state index contributed by atoms with van der Waals surface area (Å²) in [5.41, 5.74) is 0.773. The van der Waals surface area contributed by atoms with E-state index in [1.54, 1.807) is 0 Å². The maximum atomic E-state index is 12.4. The molecule has 0 bridgehead atoms. The second kappa shape index (κ2) is 7.32. The van der Waals surface area contributed by atoms with Crippen molar-refractivity contribution in [2.24, 2.45) is 0 Å². The third kappa shape index (κ3) is 5.04. The molecule has 0 aromatic heterocycles. The van der Waals surface area contributed by atoms with Crippen molar-refractivity contribution in [1.82, 2.24) is 4.90 Å². The minimum Gasteiger partial charge on any atom is -0.494 e. The summed E-state index contributed by atoms with van der Waals surface area (Å²) in [6.45, 7) is 9.70. The van der Waals surface area contributed by atoms with Crippen molar-refractivity contribution in [3.8, 4) is 5.75 Å². The first-order valence-corrected chi connectivity index (χ1v) is 8.61. The highest BCUT2D eigenvalue weighted by Gasteiger charge is 2.24. The summed E-state index contributed by atoms with van der Waals surface area (Å²) >= 11 is 2.01. The van der Waals surface area contributed by atoms with Gasteiger partial charge in [-0.3, -0.25) is 9.69 Å². The third-order valence-electron chi connectivity index (χ3n) is 3.78. The molecule has 1 aromatic carbocycles. The molecule has 0 saturated carbocycles. The maximum Gasteiger partial charge on any atom is 0.176 e. The van der Waals surface area contributed by atoms with Crippen LogP contribution in [-0.4, -0.2) is 47.4 Å². The number of hydrogen-bond acceptors (Lipinski definition) is 4. The van der Waals surface area contributed by atoms with Crippen LogP contribution >= 0.6 is 11.8 Å². The summed E-state index contributed by atoms with van der Waals surface area (Å²) < 4.78 is 5.74. The Labute approximate surface area is 132 Å². The minimum absolute atomic E-state index is 0.197. The molecule has 4 heteroatoms. The van der Waals surface area contributed by atoms with E-state index in [2.05, 4.69) is 18.7 Å². The Kier molecular flexibility index (Phi) is 5.71. The third-order valence-corrected chi connectivity index (χ3v) is 5.16. The van der Waals surface area contributed by atoms with Crippen LogP contribution in [-0.2, 0) is 0 Å². The zero-order valence-electron chi connectivity index (χ0n) is 13.2. The van der Waals surface area contributed by atoms with Crippen LogP contribution in [0, 0.1) is 0 Å². The van der Waals surface area contributed by atoms with Crippen LogP contribution in [0.4, 0.5) is 0 Å². The summed E-state index contributed by atoms with van der Waals surface area (Å²) in [7, 11) is 0. The van der Waals surface area contributed by atoms with Crippen molar-refractivity contribution in [3.63, 3.8) is 0 Å². The number of thioether (sulfide) groups is 1. The molecule has 0 atom stereocenters. The Morgan fingerprint density at radius 3 is 2.67 bits per heavy atom. The fourth-order valence-electron chi connectivity index (χ4n) is 2.42. The number of benzene rings is 1. The minimum atomic E-state index is 0.197. The topological polar surface area (TPSA) is 29.5 Å². The number of ether oxygens (including phenoxy) is 1. The molecule has 1 fully saturated rings. The van der Waals surface area contributed by atoms with E-state index in [0.29, 0.717) is 17.9 Å². The van der Waals surface area contributed by atoms with Gasteiger partial charge in [-0.15, -0.1) is 0 Å². The summed E-state index contributed by atoms with van der Waals surface area (Å²) in [6, 6.07) is 7.48. The lowest BCUT2D eigenvalue weighted by atomic mass is 10.1. The van der Waals surface area contributed by atoms with Crippen LogP contribution in [0.3, 0.4) is 0 Å². The van der Waals surface area contributed by atoms with E-state index in [4.69, 9.17) is 4.74 Å². The predicted molar refractivity (Wildman–Crippen MR) is 89.5 cm³/mol. The summed E-state index contributed by atoms with van der Waals surface area (Å²) in [5.74, 6) is 2.12. The molecule has 1 aromatic rings. The fraction of sp³-hybridized carbons (Fsp3) is 0.588. The van der Waals surface area contributed by atoms with Crippen molar-refractivity contribution in [3.05, 3.63) is 29.8 Å². The average Bonchev–Trinajstić information content (AvgIpc) is 2.61. The van der Waals surface area contributed by atoms with Gasteiger partial charge in [0.05, 0.1) is 13.2 Å². The predicted octanol–water partition coefficient (Wildman–Crippen LogP) is 3.49. The molecule has 1 saturated heterocycles. The van der Waals surface area contributed by atoms with Gasteiger partial charge in [0.25, 0.3) is 0 Å². The highest BCUT2D eigenvalue weighted by molar-refractivity contribution is 8.00. The van der Waals surface area contributed by atoms with Gasteiger partial charge in [0.1, 0.15) is 5.75 Å². The van der Waals surface area contributed by atoms with Crippen molar-refractivity contribution in [2.45, 2.75) is 31.9 Å². The molecule has 0 spiro atoms. The Balaban J connectivity index is 1.91. The molecule has 1 aliphatic rings. The number of rotatable bonds is 5. The van der Waals surface area contributed by atoms with E-state index < -0.39 is 0 Å². The van der Waals surface area contributed by atoms with Gasteiger partial charge in [0.15, 0.2) is 5.78 Å².